The van der Waals surface area contributed by atoms with E-state index in [2.05, 4.69) is 9.88 Å². The van der Waals surface area contributed by atoms with Crippen LogP contribution in [0.5, 0.6) is 5.75 Å². The predicted molar refractivity (Wildman–Crippen MR) is 81.3 cm³/mol. The van der Waals surface area contributed by atoms with Crippen LogP contribution in [0, 0.1) is 13.8 Å². The third-order valence-corrected chi connectivity index (χ3v) is 4.10. The van der Waals surface area contributed by atoms with E-state index in [1.807, 2.05) is 44.2 Å². The van der Waals surface area contributed by atoms with E-state index in [1.54, 1.807) is 0 Å². The van der Waals surface area contributed by atoms with E-state index >= 15 is 0 Å². The number of nitrogens with zero attached hydrogens (tertiary/aromatic N) is 2. The van der Waals surface area contributed by atoms with Gasteiger partial charge in [-0.2, -0.15) is 0 Å². The molecule has 4 heteroatoms. The summed E-state index contributed by atoms with van der Waals surface area (Å²) in [7, 11) is 0. The Labute approximate surface area is 125 Å². The van der Waals surface area contributed by atoms with E-state index < -0.39 is 0 Å². The van der Waals surface area contributed by atoms with Crippen LogP contribution in [0.2, 0.25) is 0 Å². The largest absolute Gasteiger partial charge is 0.492 e. The van der Waals surface area contributed by atoms with Crippen LogP contribution in [0.3, 0.4) is 0 Å². The standard InChI is InChI=1S/C17H22N2O2/c1-13-14(2)21-17(18-13)11-19-10-6-7-15(19)12-20-16-8-4-3-5-9-16/h3-5,8-9,15H,6-7,10-12H2,1-2H3. The zero-order chi connectivity index (χ0) is 14.7. The number of rotatable bonds is 5. The van der Waals surface area contributed by atoms with Crippen molar-refractivity contribution in [1.29, 1.82) is 0 Å². The van der Waals surface area contributed by atoms with Crippen LogP contribution in [0.4, 0.5) is 0 Å². The van der Waals surface area contributed by atoms with Crippen molar-refractivity contribution < 1.29 is 9.15 Å². The maximum Gasteiger partial charge on any atom is 0.208 e. The fourth-order valence-electron chi connectivity index (χ4n) is 2.78. The molecule has 4 nitrogen and oxygen atoms in total. The molecule has 0 radical (unpaired) electrons. The second kappa shape index (κ2) is 6.31. The van der Waals surface area contributed by atoms with Crippen LogP contribution < -0.4 is 4.74 Å². The van der Waals surface area contributed by atoms with Crippen LogP contribution in [-0.2, 0) is 6.54 Å². The highest BCUT2D eigenvalue weighted by atomic mass is 16.5. The molecule has 1 aromatic carbocycles. The summed E-state index contributed by atoms with van der Waals surface area (Å²) in [5, 5.41) is 0. The van der Waals surface area contributed by atoms with Crippen molar-refractivity contribution in [1.82, 2.24) is 9.88 Å². The van der Waals surface area contributed by atoms with Gasteiger partial charge in [0, 0.05) is 6.04 Å². The number of hydrogen-bond donors (Lipinski definition) is 0. The molecule has 1 saturated heterocycles. The minimum Gasteiger partial charge on any atom is -0.492 e. The summed E-state index contributed by atoms with van der Waals surface area (Å²) < 4.78 is 11.6. The van der Waals surface area contributed by atoms with Gasteiger partial charge >= 0.3 is 0 Å². The molecule has 0 bridgehead atoms. The van der Waals surface area contributed by atoms with Crippen molar-refractivity contribution in [2.75, 3.05) is 13.2 Å². The average molecular weight is 286 g/mol. The van der Waals surface area contributed by atoms with Crippen LogP contribution in [0.15, 0.2) is 34.7 Å². The highest BCUT2D eigenvalue weighted by Gasteiger charge is 2.26. The van der Waals surface area contributed by atoms with Crippen molar-refractivity contribution in [3.63, 3.8) is 0 Å². The van der Waals surface area contributed by atoms with Gasteiger partial charge in [-0.25, -0.2) is 4.98 Å². The Morgan fingerprint density at radius 1 is 1.29 bits per heavy atom. The smallest absolute Gasteiger partial charge is 0.208 e. The van der Waals surface area contributed by atoms with Gasteiger partial charge in [0.05, 0.1) is 12.2 Å². The highest BCUT2D eigenvalue weighted by Crippen LogP contribution is 2.22. The first-order valence-electron chi connectivity index (χ1n) is 7.57. The van der Waals surface area contributed by atoms with Crippen molar-refractivity contribution in [3.8, 4) is 5.75 Å². The first-order chi connectivity index (χ1) is 10.2. The lowest BCUT2D eigenvalue weighted by molar-refractivity contribution is 0.156. The molecule has 1 aliphatic heterocycles. The fraction of sp³-hybridized carbons (Fsp3) is 0.471. The molecule has 2 heterocycles. The molecule has 1 atom stereocenters. The van der Waals surface area contributed by atoms with Crippen LogP contribution >= 0.6 is 0 Å². The number of likely N-dealkylation sites (tertiary alicyclic amines) is 1. The Morgan fingerprint density at radius 2 is 2.10 bits per heavy atom. The molecule has 21 heavy (non-hydrogen) atoms. The third kappa shape index (κ3) is 3.45. The first kappa shape index (κ1) is 14.1. The summed E-state index contributed by atoms with van der Waals surface area (Å²) >= 11 is 0. The third-order valence-electron chi connectivity index (χ3n) is 4.10. The van der Waals surface area contributed by atoms with Gasteiger partial charge in [0.25, 0.3) is 0 Å². The molecule has 0 saturated carbocycles. The van der Waals surface area contributed by atoms with Gasteiger partial charge in [-0.3, -0.25) is 4.90 Å². The minimum absolute atomic E-state index is 0.442. The normalized spacial score (nSPS) is 19.0. The topological polar surface area (TPSA) is 38.5 Å². The molecule has 0 spiro atoms. The molecular weight excluding hydrogens is 264 g/mol. The van der Waals surface area contributed by atoms with Crippen LogP contribution in [0.1, 0.15) is 30.2 Å². The Kier molecular flexibility index (Phi) is 4.25. The van der Waals surface area contributed by atoms with E-state index in [9.17, 15) is 0 Å². The number of para-hydroxylation sites is 1. The zero-order valence-electron chi connectivity index (χ0n) is 12.7. The lowest BCUT2D eigenvalue weighted by atomic mass is 10.2. The Bertz CT molecular complexity index is 560. The molecule has 0 aliphatic carbocycles. The molecule has 3 rings (SSSR count). The number of ether oxygens (including phenoxy) is 1. The lowest BCUT2D eigenvalue weighted by Gasteiger charge is -2.23. The second-order valence-corrected chi connectivity index (χ2v) is 5.64. The number of aryl methyl sites for hydroxylation is 2. The van der Waals surface area contributed by atoms with Crippen LogP contribution in [-0.4, -0.2) is 29.1 Å². The van der Waals surface area contributed by atoms with Crippen molar-refractivity contribution in [2.45, 2.75) is 39.3 Å². The van der Waals surface area contributed by atoms with E-state index in [-0.39, 0.29) is 0 Å². The Hall–Kier alpha value is -1.81. The molecule has 112 valence electrons. The quantitative estimate of drug-likeness (QED) is 0.845. The number of aromatic nitrogens is 1. The SMILES string of the molecule is Cc1nc(CN2CCCC2COc2ccccc2)oc1C. The number of benzene rings is 1. The molecule has 2 aromatic rings. The molecule has 1 aliphatic rings. The number of oxazole rings is 1. The molecule has 1 aromatic heterocycles. The summed E-state index contributed by atoms with van der Waals surface area (Å²) in [5.74, 6) is 2.67. The van der Waals surface area contributed by atoms with Gasteiger partial charge in [-0.1, -0.05) is 18.2 Å². The highest BCUT2D eigenvalue weighted by molar-refractivity contribution is 5.21. The molecule has 1 fully saturated rings. The summed E-state index contributed by atoms with van der Waals surface area (Å²) in [6, 6.07) is 10.4. The van der Waals surface area contributed by atoms with Crippen molar-refractivity contribution in [2.24, 2.45) is 0 Å². The predicted octanol–water partition coefficient (Wildman–Crippen LogP) is 3.33. The van der Waals surface area contributed by atoms with Gasteiger partial charge in [0.1, 0.15) is 18.1 Å². The minimum atomic E-state index is 0.442. The summed E-state index contributed by atoms with van der Waals surface area (Å²) in [4.78, 5) is 6.89. The maximum absolute atomic E-state index is 5.89. The fourth-order valence-corrected chi connectivity index (χ4v) is 2.78. The molecular formula is C17H22N2O2. The van der Waals surface area contributed by atoms with Gasteiger partial charge < -0.3 is 9.15 Å². The Morgan fingerprint density at radius 3 is 2.81 bits per heavy atom. The monoisotopic (exact) mass is 286 g/mol. The molecule has 1 unspecified atom stereocenters. The maximum atomic E-state index is 5.89. The van der Waals surface area contributed by atoms with Crippen molar-refractivity contribution >= 4 is 0 Å². The molecule has 0 N–H and O–H groups in total. The van der Waals surface area contributed by atoms with E-state index in [0.717, 1.165) is 42.8 Å². The summed E-state index contributed by atoms with van der Waals surface area (Å²) in [5.41, 5.74) is 0.987. The lowest BCUT2D eigenvalue weighted by Crippen LogP contribution is -2.33. The first-order valence-corrected chi connectivity index (χ1v) is 7.57. The van der Waals surface area contributed by atoms with E-state index in [4.69, 9.17) is 9.15 Å². The van der Waals surface area contributed by atoms with Crippen molar-refractivity contribution in [3.05, 3.63) is 47.7 Å². The average Bonchev–Trinajstić information content (AvgIpc) is 3.05. The van der Waals surface area contributed by atoms with E-state index in [0.29, 0.717) is 6.04 Å². The molecule has 0 amide bonds. The van der Waals surface area contributed by atoms with Gasteiger partial charge in [0.15, 0.2) is 0 Å². The van der Waals surface area contributed by atoms with Gasteiger partial charge in [-0.15, -0.1) is 0 Å². The summed E-state index contributed by atoms with van der Waals surface area (Å²) in [6.07, 6.45) is 2.38. The second-order valence-electron chi connectivity index (χ2n) is 5.64. The van der Waals surface area contributed by atoms with Gasteiger partial charge in [-0.05, 0) is 45.4 Å². The number of hydrogen-bond acceptors (Lipinski definition) is 4. The van der Waals surface area contributed by atoms with Crippen LogP contribution in [0.25, 0.3) is 0 Å². The Balaban J connectivity index is 1.57. The van der Waals surface area contributed by atoms with E-state index in [1.165, 1.54) is 12.8 Å². The zero-order valence-corrected chi connectivity index (χ0v) is 12.7. The summed E-state index contributed by atoms with van der Waals surface area (Å²) in [6.45, 7) is 6.54. The van der Waals surface area contributed by atoms with Gasteiger partial charge in [0.2, 0.25) is 5.89 Å².